The summed E-state index contributed by atoms with van der Waals surface area (Å²) in [5, 5.41) is 0. The van der Waals surface area contributed by atoms with Crippen LogP contribution in [-0.4, -0.2) is 8.80 Å². The molecule has 0 nitrogen and oxygen atoms in total. The maximum absolute atomic E-state index is 2.37. The molecule has 1 saturated heterocycles. The fourth-order valence-corrected chi connectivity index (χ4v) is 6.83. The third kappa shape index (κ3) is 3.99. The van der Waals surface area contributed by atoms with Gasteiger partial charge in [0.15, 0.2) is 0 Å². The van der Waals surface area contributed by atoms with Crippen molar-refractivity contribution in [3.8, 4) is 0 Å². The quantitative estimate of drug-likeness (QED) is 0.667. The van der Waals surface area contributed by atoms with Crippen molar-refractivity contribution >= 4 is 8.80 Å². The highest BCUT2D eigenvalue weighted by Crippen LogP contribution is 2.35. The largest absolute Gasteiger partial charge is 0.0628 e. The Morgan fingerprint density at radius 3 is 2.35 bits per heavy atom. The van der Waals surface area contributed by atoms with Gasteiger partial charge in [0.1, 0.15) is 0 Å². The first-order valence-corrected chi connectivity index (χ1v) is 9.75. The van der Waals surface area contributed by atoms with Crippen LogP contribution in [0.5, 0.6) is 0 Å². The smallest absolute Gasteiger partial charge is 0.0368 e. The molecular formula is C16H26Si. The van der Waals surface area contributed by atoms with E-state index >= 15 is 0 Å². The molecule has 1 aromatic carbocycles. The SMILES string of the molecule is CC(C)CC[SiH]1CCC(c2ccccc2)CC1. The van der Waals surface area contributed by atoms with Crippen LogP contribution >= 0.6 is 0 Å². The Balaban J connectivity index is 1.78. The Morgan fingerprint density at radius 1 is 1.12 bits per heavy atom. The maximum Gasteiger partial charge on any atom is 0.0368 e. The van der Waals surface area contributed by atoms with Gasteiger partial charge in [-0.2, -0.15) is 0 Å². The van der Waals surface area contributed by atoms with Crippen molar-refractivity contribution in [3.63, 3.8) is 0 Å². The molecule has 0 aromatic heterocycles. The molecule has 0 aliphatic carbocycles. The Kier molecular flexibility index (Phi) is 4.84. The zero-order valence-electron chi connectivity index (χ0n) is 11.4. The van der Waals surface area contributed by atoms with Gasteiger partial charge in [0, 0.05) is 8.80 Å². The number of benzene rings is 1. The molecule has 0 N–H and O–H groups in total. The minimum atomic E-state index is -0.344. The van der Waals surface area contributed by atoms with E-state index < -0.39 is 0 Å². The first-order valence-electron chi connectivity index (χ1n) is 7.30. The van der Waals surface area contributed by atoms with Crippen LogP contribution in [0.15, 0.2) is 30.3 Å². The lowest BCUT2D eigenvalue weighted by atomic mass is 9.94. The Labute approximate surface area is 108 Å². The Bertz CT molecular complexity index is 310. The monoisotopic (exact) mass is 246 g/mol. The standard InChI is InChI=1S/C16H26Si/c1-14(2)8-11-17-12-9-16(10-13-17)15-6-4-3-5-7-15/h3-7,14,16-17H,8-13H2,1-2H3. The molecule has 0 spiro atoms. The summed E-state index contributed by atoms with van der Waals surface area (Å²) in [5.74, 6) is 1.79. The van der Waals surface area contributed by atoms with E-state index in [9.17, 15) is 0 Å². The van der Waals surface area contributed by atoms with Gasteiger partial charge in [-0.1, -0.05) is 68.7 Å². The predicted molar refractivity (Wildman–Crippen MR) is 79.4 cm³/mol. The van der Waals surface area contributed by atoms with Crippen LogP contribution in [0.3, 0.4) is 0 Å². The van der Waals surface area contributed by atoms with Gasteiger partial charge in [-0.25, -0.2) is 0 Å². The molecule has 1 aliphatic rings. The van der Waals surface area contributed by atoms with Crippen molar-refractivity contribution in [2.24, 2.45) is 5.92 Å². The predicted octanol–water partition coefficient (Wildman–Crippen LogP) is 4.84. The molecule has 0 unspecified atom stereocenters. The summed E-state index contributed by atoms with van der Waals surface area (Å²) in [5.41, 5.74) is 1.59. The van der Waals surface area contributed by atoms with Crippen molar-refractivity contribution < 1.29 is 0 Å². The molecule has 94 valence electrons. The van der Waals surface area contributed by atoms with Gasteiger partial charge in [0.25, 0.3) is 0 Å². The van der Waals surface area contributed by atoms with Gasteiger partial charge >= 0.3 is 0 Å². The summed E-state index contributed by atoms with van der Waals surface area (Å²) in [4.78, 5) is 0. The van der Waals surface area contributed by atoms with Gasteiger partial charge in [-0.15, -0.1) is 0 Å². The first-order chi connectivity index (χ1) is 8.25. The fraction of sp³-hybridized carbons (Fsp3) is 0.625. The molecule has 1 fully saturated rings. The second-order valence-corrected chi connectivity index (χ2v) is 9.56. The zero-order valence-corrected chi connectivity index (χ0v) is 12.5. The molecule has 0 radical (unpaired) electrons. The summed E-state index contributed by atoms with van der Waals surface area (Å²) in [6.07, 6.45) is 4.42. The van der Waals surface area contributed by atoms with Crippen LogP contribution < -0.4 is 0 Å². The second-order valence-electron chi connectivity index (χ2n) is 6.10. The van der Waals surface area contributed by atoms with E-state index in [1.165, 1.54) is 19.3 Å². The normalized spacial score (nSPS) is 25.1. The third-order valence-corrected chi connectivity index (χ3v) is 7.72. The molecule has 0 bridgehead atoms. The average Bonchev–Trinajstić information content (AvgIpc) is 2.38. The molecule has 1 aromatic rings. The molecule has 2 rings (SSSR count). The van der Waals surface area contributed by atoms with Crippen LogP contribution in [0, 0.1) is 5.92 Å². The summed E-state index contributed by atoms with van der Waals surface area (Å²) in [7, 11) is -0.344. The number of rotatable bonds is 4. The highest BCUT2D eigenvalue weighted by atomic mass is 28.3. The molecule has 0 amide bonds. The average molecular weight is 246 g/mol. The molecule has 1 heterocycles. The Hall–Kier alpha value is -0.563. The molecule has 1 heteroatoms. The van der Waals surface area contributed by atoms with Crippen molar-refractivity contribution in [1.29, 1.82) is 0 Å². The van der Waals surface area contributed by atoms with E-state index in [1.54, 1.807) is 23.7 Å². The topological polar surface area (TPSA) is 0 Å². The second kappa shape index (κ2) is 6.39. The van der Waals surface area contributed by atoms with Crippen molar-refractivity contribution in [2.75, 3.05) is 0 Å². The van der Waals surface area contributed by atoms with Gasteiger partial charge in [-0.05, 0) is 30.2 Å². The van der Waals surface area contributed by atoms with Gasteiger partial charge < -0.3 is 0 Å². The van der Waals surface area contributed by atoms with E-state index in [1.807, 2.05) is 0 Å². The lowest BCUT2D eigenvalue weighted by Crippen LogP contribution is -2.20. The van der Waals surface area contributed by atoms with E-state index in [0.29, 0.717) is 0 Å². The van der Waals surface area contributed by atoms with Gasteiger partial charge in [0.2, 0.25) is 0 Å². The summed E-state index contributed by atoms with van der Waals surface area (Å²) < 4.78 is 0. The summed E-state index contributed by atoms with van der Waals surface area (Å²) >= 11 is 0. The van der Waals surface area contributed by atoms with Crippen molar-refractivity contribution in [1.82, 2.24) is 0 Å². The third-order valence-electron chi connectivity index (χ3n) is 4.27. The van der Waals surface area contributed by atoms with Crippen LogP contribution in [0.25, 0.3) is 0 Å². The molecule has 17 heavy (non-hydrogen) atoms. The van der Waals surface area contributed by atoms with E-state index in [2.05, 4.69) is 44.2 Å². The highest BCUT2D eigenvalue weighted by molar-refractivity contribution is 6.59. The molecule has 0 atom stereocenters. The summed E-state index contributed by atoms with van der Waals surface area (Å²) in [6, 6.07) is 15.9. The molecule has 1 aliphatic heterocycles. The number of hydrogen-bond donors (Lipinski definition) is 0. The van der Waals surface area contributed by atoms with E-state index in [-0.39, 0.29) is 8.80 Å². The highest BCUT2D eigenvalue weighted by Gasteiger charge is 2.22. The maximum atomic E-state index is 2.37. The fourth-order valence-electron chi connectivity index (χ4n) is 3.08. The molecular weight excluding hydrogens is 220 g/mol. The first kappa shape index (κ1) is 12.9. The lowest BCUT2D eigenvalue weighted by Gasteiger charge is -2.28. The number of hydrogen-bond acceptors (Lipinski definition) is 0. The van der Waals surface area contributed by atoms with Crippen LogP contribution in [0.2, 0.25) is 18.1 Å². The summed E-state index contributed by atoms with van der Waals surface area (Å²) in [6.45, 7) is 4.73. The zero-order chi connectivity index (χ0) is 12.1. The van der Waals surface area contributed by atoms with Crippen LogP contribution in [0.4, 0.5) is 0 Å². The van der Waals surface area contributed by atoms with Gasteiger partial charge in [0.05, 0.1) is 0 Å². The van der Waals surface area contributed by atoms with Crippen LogP contribution in [0.1, 0.15) is 44.6 Å². The lowest BCUT2D eigenvalue weighted by molar-refractivity contribution is 0.587. The van der Waals surface area contributed by atoms with E-state index in [0.717, 1.165) is 11.8 Å². The van der Waals surface area contributed by atoms with Crippen molar-refractivity contribution in [3.05, 3.63) is 35.9 Å². The van der Waals surface area contributed by atoms with Crippen molar-refractivity contribution in [2.45, 2.75) is 57.2 Å². The van der Waals surface area contributed by atoms with Crippen LogP contribution in [-0.2, 0) is 0 Å². The Morgan fingerprint density at radius 2 is 1.76 bits per heavy atom. The minimum Gasteiger partial charge on any atom is -0.0628 e. The van der Waals surface area contributed by atoms with E-state index in [4.69, 9.17) is 0 Å². The molecule has 0 saturated carbocycles. The minimum absolute atomic E-state index is 0.344. The van der Waals surface area contributed by atoms with Gasteiger partial charge in [-0.3, -0.25) is 0 Å².